The van der Waals surface area contributed by atoms with Gasteiger partial charge in [-0.15, -0.1) is 0 Å². The maximum Gasteiger partial charge on any atom is 0.116 e. The topological polar surface area (TPSA) is 61.9 Å². The number of rotatable bonds is 3. The van der Waals surface area contributed by atoms with Crippen molar-refractivity contribution in [1.29, 1.82) is 5.41 Å². The minimum atomic E-state index is 0.0152. The molecule has 13 heavy (non-hydrogen) atoms. The first-order chi connectivity index (χ1) is 6.18. The summed E-state index contributed by atoms with van der Waals surface area (Å²) in [5, 5.41) is 10.6. The maximum atomic E-state index is 6.92. The maximum absolute atomic E-state index is 6.92. The van der Waals surface area contributed by atoms with Crippen molar-refractivity contribution < 1.29 is 0 Å². The van der Waals surface area contributed by atoms with Gasteiger partial charge in [-0.05, 0) is 30.3 Å². The standard InChI is InChI=1S/C9H10ClN3/c10-7-1-3-8(4-2-7)13-6-5-9(11)12/h1-6,13H,(H3,11,12)/b6-5-. The second-order valence-electron chi connectivity index (χ2n) is 2.44. The highest BCUT2D eigenvalue weighted by Crippen LogP contribution is 2.12. The normalized spacial score (nSPS) is 10.2. The average Bonchev–Trinajstić information content (AvgIpc) is 2.08. The van der Waals surface area contributed by atoms with Gasteiger partial charge in [-0.3, -0.25) is 5.41 Å². The van der Waals surface area contributed by atoms with Crippen molar-refractivity contribution in [2.45, 2.75) is 0 Å². The Labute approximate surface area is 81.7 Å². The highest BCUT2D eigenvalue weighted by Gasteiger charge is 1.87. The molecule has 4 heteroatoms. The summed E-state index contributed by atoms with van der Waals surface area (Å²) < 4.78 is 0. The average molecular weight is 196 g/mol. The molecule has 1 rings (SSSR count). The Kier molecular flexibility index (Phi) is 3.34. The largest absolute Gasteiger partial charge is 0.384 e. The Hall–Kier alpha value is -1.48. The van der Waals surface area contributed by atoms with Gasteiger partial charge < -0.3 is 11.1 Å². The second-order valence-corrected chi connectivity index (χ2v) is 2.88. The molecule has 0 saturated carbocycles. The van der Waals surface area contributed by atoms with Crippen molar-refractivity contribution in [1.82, 2.24) is 0 Å². The monoisotopic (exact) mass is 195 g/mol. The van der Waals surface area contributed by atoms with Crippen LogP contribution in [0.2, 0.25) is 5.02 Å². The van der Waals surface area contributed by atoms with Crippen LogP contribution in [0.15, 0.2) is 36.5 Å². The van der Waals surface area contributed by atoms with Gasteiger partial charge in [-0.1, -0.05) is 11.6 Å². The van der Waals surface area contributed by atoms with E-state index in [0.29, 0.717) is 5.02 Å². The summed E-state index contributed by atoms with van der Waals surface area (Å²) >= 11 is 5.70. The molecular formula is C9H10ClN3. The van der Waals surface area contributed by atoms with E-state index in [1.807, 2.05) is 12.1 Å². The zero-order chi connectivity index (χ0) is 9.68. The lowest BCUT2D eigenvalue weighted by Crippen LogP contribution is -2.05. The summed E-state index contributed by atoms with van der Waals surface area (Å²) in [7, 11) is 0. The summed E-state index contributed by atoms with van der Waals surface area (Å²) in [6, 6.07) is 7.25. The van der Waals surface area contributed by atoms with Gasteiger partial charge in [-0.25, -0.2) is 0 Å². The summed E-state index contributed by atoms with van der Waals surface area (Å²) in [6.07, 6.45) is 3.07. The van der Waals surface area contributed by atoms with Crippen molar-refractivity contribution in [2.75, 3.05) is 5.32 Å². The van der Waals surface area contributed by atoms with E-state index >= 15 is 0 Å². The van der Waals surface area contributed by atoms with Crippen molar-refractivity contribution in [2.24, 2.45) is 5.73 Å². The minimum absolute atomic E-state index is 0.0152. The van der Waals surface area contributed by atoms with E-state index in [2.05, 4.69) is 5.32 Å². The lowest BCUT2D eigenvalue weighted by atomic mass is 10.3. The third kappa shape index (κ3) is 3.62. The third-order valence-electron chi connectivity index (χ3n) is 1.36. The molecule has 68 valence electrons. The molecule has 0 bridgehead atoms. The highest BCUT2D eigenvalue weighted by atomic mass is 35.5. The van der Waals surface area contributed by atoms with Gasteiger partial charge in [0.15, 0.2) is 0 Å². The van der Waals surface area contributed by atoms with Crippen LogP contribution < -0.4 is 11.1 Å². The summed E-state index contributed by atoms with van der Waals surface area (Å²) in [5.74, 6) is 0.0152. The smallest absolute Gasteiger partial charge is 0.116 e. The molecular weight excluding hydrogens is 186 g/mol. The summed E-state index contributed by atoms with van der Waals surface area (Å²) in [4.78, 5) is 0. The van der Waals surface area contributed by atoms with Gasteiger partial charge in [0.2, 0.25) is 0 Å². The Morgan fingerprint density at radius 1 is 1.38 bits per heavy atom. The van der Waals surface area contributed by atoms with E-state index in [-0.39, 0.29) is 5.84 Å². The molecule has 0 heterocycles. The second kappa shape index (κ2) is 4.52. The molecule has 0 radical (unpaired) electrons. The van der Waals surface area contributed by atoms with Crippen LogP contribution >= 0.6 is 11.6 Å². The van der Waals surface area contributed by atoms with E-state index in [0.717, 1.165) is 5.69 Å². The number of nitrogens with two attached hydrogens (primary N) is 1. The van der Waals surface area contributed by atoms with E-state index in [4.69, 9.17) is 22.7 Å². The first kappa shape index (κ1) is 9.61. The van der Waals surface area contributed by atoms with Crippen molar-refractivity contribution in [3.63, 3.8) is 0 Å². The van der Waals surface area contributed by atoms with Crippen LogP contribution in [-0.2, 0) is 0 Å². The zero-order valence-corrected chi connectivity index (χ0v) is 7.68. The molecule has 3 nitrogen and oxygen atoms in total. The lowest BCUT2D eigenvalue weighted by Gasteiger charge is -1.99. The van der Waals surface area contributed by atoms with Crippen LogP contribution in [0.3, 0.4) is 0 Å². The molecule has 0 fully saturated rings. The van der Waals surface area contributed by atoms with Gasteiger partial charge in [0.05, 0.1) is 0 Å². The molecule has 0 aliphatic rings. The number of amidine groups is 1. The Morgan fingerprint density at radius 3 is 2.54 bits per heavy atom. The fourth-order valence-corrected chi connectivity index (χ4v) is 0.900. The van der Waals surface area contributed by atoms with Crippen molar-refractivity contribution in [3.8, 4) is 0 Å². The van der Waals surface area contributed by atoms with Crippen LogP contribution in [-0.4, -0.2) is 5.84 Å². The van der Waals surface area contributed by atoms with Crippen LogP contribution in [0.5, 0.6) is 0 Å². The van der Waals surface area contributed by atoms with Gasteiger partial charge in [-0.2, -0.15) is 0 Å². The van der Waals surface area contributed by atoms with E-state index in [1.165, 1.54) is 6.08 Å². The summed E-state index contributed by atoms with van der Waals surface area (Å²) in [5.41, 5.74) is 6.02. The molecule has 4 N–H and O–H groups in total. The van der Waals surface area contributed by atoms with Crippen molar-refractivity contribution >= 4 is 23.1 Å². The van der Waals surface area contributed by atoms with Crippen LogP contribution in [0.25, 0.3) is 0 Å². The van der Waals surface area contributed by atoms with Gasteiger partial charge >= 0.3 is 0 Å². The fourth-order valence-electron chi connectivity index (χ4n) is 0.774. The third-order valence-corrected chi connectivity index (χ3v) is 1.61. The number of halogens is 1. The first-order valence-electron chi connectivity index (χ1n) is 3.71. The van der Waals surface area contributed by atoms with Crippen LogP contribution in [0.1, 0.15) is 0 Å². The zero-order valence-electron chi connectivity index (χ0n) is 6.92. The Bertz CT molecular complexity index is 316. The fraction of sp³-hybridized carbons (Fsp3) is 0. The molecule has 0 aliphatic carbocycles. The highest BCUT2D eigenvalue weighted by molar-refractivity contribution is 6.30. The number of hydrogen-bond donors (Lipinski definition) is 3. The molecule has 0 spiro atoms. The van der Waals surface area contributed by atoms with Gasteiger partial charge in [0.1, 0.15) is 5.84 Å². The molecule has 0 unspecified atom stereocenters. The SMILES string of the molecule is N=C(N)/C=C\Nc1ccc(Cl)cc1. The predicted octanol–water partition coefficient (Wildman–Crippen LogP) is 2.20. The van der Waals surface area contributed by atoms with E-state index in [9.17, 15) is 0 Å². The molecule has 0 aliphatic heterocycles. The quantitative estimate of drug-likeness (QED) is 0.512. The van der Waals surface area contributed by atoms with Crippen molar-refractivity contribution in [3.05, 3.63) is 41.6 Å². The molecule has 0 amide bonds. The van der Waals surface area contributed by atoms with Crippen LogP contribution in [0.4, 0.5) is 5.69 Å². The lowest BCUT2D eigenvalue weighted by molar-refractivity contribution is 1.46. The van der Waals surface area contributed by atoms with Gasteiger partial charge in [0, 0.05) is 16.9 Å². The molecule has 0 aromatic heterocycles. The van der Waals surface area contributed by atoms with Gasteiger partial charge in [0.25, 0.3) is 0 Å². The number of nitrogens with one attached hydrogen (secondary N) is 2. The molecule has 1 aromatic carbocycles. The molecule has 0 atom stereocenters. The Balaban J connectivity index is 2.55. The predicted molar refractivity (Wildman–Crippen MR) is 56.1 cm³/mol. The van der Waals surface area contributed by atoms with E-state index in [1.54, 1.807) is 18.3 Å². The first-order valence-corrected chi connectivity index (χ1v) is 4.09. The van der Waals surface area contributed by atoms with Crippen LogP contribution in [0, 0.1) is 5.41 Å². The Morgan fingerprint density at radius 2 is 2.00 bits per heavy atom. The molecule has 1 aromatic rings. The number of hydrogen-bond acceptors (Lipinski definition) is 2. The minimum Gasteiger partial charge on any atom is -0.384 e. The molecule has 0 saturated heterocycles. The van der Waals surface area contributed by atoms with E-state index < -0.39 is 0 Å². The summed E-state index contributed by atoms with van der Waals surface area (Å²) in [6.45, 7) is 0. The number of anilines is 1. The number of benzene rings is 1.